The molecule has 1 fully saturated rings. The topological polar surface area (TPSA) is 69.6 Å². The highest BCUT2D eigenvalue weighted by atomic mass is 16.4. The van der Waals surface area contributed by atoms with Crippen LogP contribution in [-0.4, -0.2) is 41.6 Å². The minimum atomic E-state index is -0.817. The van der Waals surface area contributed by atoms with Crippen LogP contribution in [0.25, 0.3) is 0 Å². The van der Waals surface area contributed by atoms with Gasteiger partial charge in [-0.15, -0.1) is 0 Å². The van der Waals surface area contributed by atoms with E-state index in [1.54, 1.807) is 4.90 Å². The number of urea groups is 1. The van der Waals surface area contributed by atoms with Gasteiger partial charge in [-0.3, -0.25) is 4.79 Å². The van der Waals surface area contributed by atoms with Crippen molar-refractivity contribution in [2.24, 2.45) is 5.92 Å². The third-order valence-electron chi connectivity index (χ3n) is 4.57. The lowest BCUT2D eigenvalue weighted by Crippen LogP contribution is -2.49. The van der Waals surface area contributed by atoms with Gasteiger partial charge in [0.05, 0.1) is 5.92 Å². The Balaban J connectivity index is 1.92. The van der Waals surface area contributed by atoms with Crippen LogP contribution in [0, 0.1) is 12.8 Å². The standard InChI is InChI=1S/C18H26N2O3/c1-13-6-8-15(9-7-13)18(2,3)12-19-17(23)20-10-4-5-14(11-20)16(21)22/h6-9,14H,4-5,10-12H2,1-3H3,(H,19,23)(H,21,22). The molecule has 1 aliphatic rings. The van der Waals surface area contributed by atoms with Crippen LogP contribution < -0.4 is 5.32 Å². The Morgan fingerprint density at radius 1 is 1.30 bits per heavy atom. The number of rotatable bonds is 4. The van der Waals surface area contributed by atoms with Crippen molar-refractivity contribution >= 4 is 12.0 Å². The summed E-state index contributed by atoms with van der Waals surface area (Å²) < 4.78 is 0. The highest BCUT2D eigenvalue weighted by Gasteiger charge is 2.29. The fourth-order valence-corrected chi connectivity index (χ4v) is 2.88. The zero-order valence-electron chi connectivity index (χ0n) is 14.1. The summed E-state index contributed by atoms with van der Waals surface area (Å²) in [5.74, 6) is -1.26. The van der Waals surface area contributed by atoms with Crippen LogP contribution in [0.2, 0.25) is 0 Å². The summed E-state index contributed by atoms with van der Waals surface area (Å²) in [5, 5.41) is 12.1. The first kappa shape index (κ1) is 17.3. The third kappa shape index (κ3) is 4.47. The van der Waals surface area contributed by atoms with E-state index in [0.717, 1.165) is 6.42 Å². The van der Waals surface area contributed by atoms with E-state index in [9.17, 15) is 9.59 Å². The maximum atomic E-state index is 12.3. The average Bonchev–Trinajstić information content (AvgIpc) is 2.53. The van der Waals surface area contributed by atoms with Gasteiger partial charge < -0.3 is 15.3 Å². The highest BCUT2D eigenvalue weighted by molar-refractivity contribution is 5.76. The van der Waals surface area contributed by atoms with Gasteiger partial charge in [-0.2, -0.15) is 0 Å². The number of hydrogen-bond acceptors (Lipinski definition) is 2. The Bertz CT molecular complexity index is 566. The number of carbonyl (C=O) groups excluding carboxylic acids is 1. The summed E-state index contributed by atoms with van der Waals surface area (Å²) in [5.41, 5.74) is 2.21. The van der Waals surface area contributed by atoms with E-state index >= 15 is 0 Å². The molecule has 126 valence electrons. The molecule has 2 rings (SSSR count). The lowest BCUT2D eigenvalue weighted by molar-refractivity contribution is -0.143. The molecule has 1 unspecified atom stereocenters. The van der Waals surface area contributed by atoms with Crippen molar-refractivity contribution in [1.29, 1.82) is 0 Å². The van der Waals surface area contributed by atoms with E-state index in [0.29, 0.717) is 26.1 Å². The van der Waals surface area contributed by atoms with Gasteiger partial charge in [0.25, 0.3) is 0 Å². The van der Waals surface area contributed by atoms with Crippen LogP contribution in [0.5, 0.6) is 0 Å². The molecule has 0 aromatic heterocycles. The van der Waals surface area contributed by atoms with E-state index < -0.39 is 11.9 Å². The Kier molecular flexibility index (Phi) is 5.29. The number of hydrogen-bond donors (Lipinski definition) is 2. The summed E-state index contributed by atoms with van der Waals surface area (Å²) in [4.78, 5) is 25.0. The second kappa shape index (κ2) is 7.02. The van der Waals surface area contributed by atoms with E-state index in [-0.39, 0.29) is 11.4 Å². The van der Waals surface area contributed by atoms with Crippen molar-refractivity contribution in [3.05, 3.63) is 35.4 Å². The molecule has 1 aromatic carbocycles. The number of benzene rings is 1. The predicted octanol–water partition coefficient (Wildman–Crippen LogP) is 2.78. The highest BCUT2D eigenvalue weighted by Crippen LogP contribution is 2.23. The lowest BCUT2D eigenvalue weighted by Gasteiger charge is -2.32. The van der Waals surface area contributed by atoms with Crippen LogP contribution in [0.15, 0.2) is 24.3 Å². The van der Waals surface area contributed by atoms with Crippen LogP contribution in [0.1, 0.15) is 37.8 Å². The molecule has 1 aliphatic heterocycles. The second-order valence-corrected chi connectivity index (χ2v) is 7.03. The Morgan fingerprint density at radius 2 is 1.96 bits per heavy atom. The van der Waals surface area contributed by atoms with Crippen molar-refractivity contribution in [2.75, 3.05) is 19.6 Å². The number of nitrogens with zero attached hydrogens (tertiary/aromatic N) is 1. The number of likely N-dealkylation sites (tertiary alicyclic amines) is 1. The number of carboxylic acids is 1. The molecule has 0 spiro atoms. The minimum Gasteiger partial charge on any atom is -0.481 e. The molecule has 1 saturated heterocycles. The van der Waals surface area contributed by atoms with Gasteiger partial charge in [-0.05, 0) is 25.3 Å². The Morgan fingerprint density at radius 3 is 2.57 bits per heavy atom. The van der Waals surface area contributed by atoms with E-state index in [2.05, 4.69) is 43.4 Å². The van der Waals surface area contributed by atoms with Crippen molar-refractivity contribution in [1.82, 2.24) is 10.2 Å². The van der Waals surface area contributed by atoms with Crippen LogP contribution in [0.4, 0.5) is 4.79 Å². The van der Waals surface area contributed by atoms with Gasteiger partial charge in [0.2, 0.25) is 0 Å². The van der Waals surface area contributed by atoms with Crippen molar-refractivity contribution in [2.45, 2.75) is 39.0 Å². The number of aryl methyl sites for hydroxylation is 1. The molecule has 2 amide bonds. The predicted molar refractivity (Wildman–Crippen MR) is 89.5 cm³/mol. The van der Waals surface area contributed by atoms with E-state index in [1.165, 1.54) is 11.1 Å². The first-order valence-corrected chi connectivity index (χ1v) is 8.12. The largest absolute Gasteiger partial charge is 0.481 e. The SMILES string of the molecule is Cc1ccc(C(C)(C)CNC(=O)N2CCCC(C(=O)O)C2)cc1. The maximum absolute atomic E-state index is 12.3. The quantitative estimate of drug-likeness (QED) is 0.897. The van der Waals surface area contributed by atoms with Gasteiger partial charge in [-0.25, -0.2) is 4.79 Å². The summed E-state index contributed by atoms with van der Waals surface area (Å²) in [7, 11) is 0. The third-order valence-corrected chi connectivity index (χ3v) is 4.57. The number of carbonyl (C=O) groups is 2. The molecule has 5 nitrogen and oxygen atoms in total. The Labute approximate surface area is 137 Å². The van der Waals surface area contributed by atoms with E-state index in [4.69, 9.17) is 5.11 Å². The number of aliphatic carboxylic acids is 1. The van der Waals surface area contributed by atoms with E-state index in [1.807, 2.05) is 6.92 Å². The molecule has 1 atom stereocenters. The van der Waals surface area contributed by atoms with Gasteiger partial charge in [0, 0.05) is 25.0 Å². The molecular weight excluding hydrogens is 292 g/mol. The molecule has 0 aliphatic carbocycles. The van der Waals surface area contributed by atoms with Gasteiger partial charge in [0.1, 0.15) is 0 Å². The number of amides is 2. The van der Waals surface area contributed by atoms with Crippen molar-refractivity contribution in [3.63, 3.8) is 0 Å². The molecule has 5 heteroatoms. The zero-order valence-corrected chi connectivity index (χ0v) is 14.1. The molecule has 1 heterocycles. The number of piperidine rings is 1. The molecule has 1 aromatic rings. The monoisotopic (exact) mass is 318 g/mol. The normalized spacial score (nSPS) is 18.6. The smallest absolute Gasteiger partial charge is 0.317 e. The maximum Gasteiger partial charge on any atom is 0.317 e. The minimum absolute atomic E-state index is 0.170. The van der Waals surface area contributed by atoms with Crippen LogP contribution in [-0.2, 0) is 10.2 Å². The summed E-state index contributed by atoms with van der Waals surface area (Å²) in [6.45, 7) is 7.67. The number of carboxylic acid groups (broad SMARTS) is 1. The Hall–Kier alpha value is -2.04. The molecule has 23 heavy (non-hydrogen) atoms. The molecular formula is C18H26N2O3. The van der Waals surface area contributed by atoms with Crippen LogP contribution >= 0.6 is 0 Å². The lowest BCUT2D eigenvalue weighted by atomic mass is 9.84. The summed E-state index contributed by atoms with van der Waals surface area (Å²) in [6, 6.07) is 8.14. The van der Waals surface area contributed by atoms with Gasteiger partial charge in [-0.1, -0.05) is 43.7 Å². The first-order chi connectivity index (χ1) is 10.8. The van der Waals surface area contributed by atoms with Gasteiger partial charge >= 0.3 is 12.0 Å². The summed E-state index contributed by atoms with van der Waals surface area (Å²) in [6.07, 6.45) is 1.39. The summed E-state index contributed by atoms with van der Waals surface area (Å²) >= 11 is 0. The number of nitrogens with one attached hydrogen (secondary N) is 1. The van der Waals surface area contributed by atoms with Gasteiger partial charge in [0.15, 0.2) is 0 Å². The molecule has 0 saturated carbocycles. The average molecular weight is 318 g/mol. The van der Waals surface area contributed by atoms with Crippen molar-refractivity contribution in [3.8, 4) is 0 Å². The molecule has 0 radical (unpaired) electrons. The van der Waals surface area contributed by atoms with Crippen LogP contribution in [0.3, 0.4) is 0 Å². The zero-order chi connectivity index (χ0) is 17.0. The fraction of sp³-hybridized carbons (Fsp3) is 0.556. The first-order valence-electron chi connectivity index (χ1n) is 8.12. The molecule has 0 bridgehead atoms. The van der Waals surface area contributed by atoms with Crippen molar-refractivity contribution < 1.29 is 14.7 Å². The second-order valence-electron chi connectivity index (χ2n) is 7.03. The molecule has 2 N–H and O–H groups in total. The fourth-order valence-electron chi connectivity index (χ4n) is 2.88.